The van der Waals surface area contributed by atoms with Crippen molar-refractivity contribution in [3.8, 4) is 6.07 Å². The third-order valence-corrected chi connectivity index (χ3v) is 10.8. The molecule has 1 aliphatic heterocycles. The lowest BCUT2D eigenvalue weighted by Gasteiger charge is -2.39. The van der Waals surface area contributed by atoms with Crippen molar-refractivity contribution in [3.63, 3.8) is 0 Å². The van der Waals surface area contributed by atoms with Gasteiger partial charge in [0.15, 0.2) is 0 Å². The van der Waals surface area contributed by atoms with Crippen LogP contribution < -0.4 is 16.0 Å². The number of rotatable bonds is 16. The Hall–Kier alpha value is -4.23. The van der Waals surface area contributed by atoms with Crippen molar-refractivity contribution in [2.45, 2.75) is 109 Å². The first kappa shape index (κ1) is 36.1. The van der Waals surface area contributed by atoms with E-state index in [9.17, 15) is 14.9 Å². The molecule has 0 spiro atoms. The van der Waals surface area contributed by atoms with Gasteiger partial charge < -0.3 is 25.3 Å². The number of carbonyl (C=O) groups excluding carboxylic acids is 2. The van der Waals surface area contributed by atoms with Crippen LogP contribution in [0.25, 0.3) is 0 Å². The highest BCUT2D eigenvalue weighted by Gasteiger charge is 2.54. The highest BCUT2D eigenvalue weighted by molar-refractivity contribution is 5.94. The second-order valence-electron chi connectivity index (χ2n) is 13.8. The van der Waals surface area contributed by atoms with Gasteiger partial charge in [0.2, 0.25) is 17.7 Å². The number of aryl methyl sites for hydroxylation is 2. The summed E-state index contributed by atoms with van der Waals surface area (Å²) >= 11 is 0. The summed E-state index contributed by atoms with van der Waals surface area (Å²) < 4.78 is 6.56. The lowest BCUT2D eigenvalue weighted by molar-refractivity contribution is -0.131. The van der Waals surface area contributed by atoms with Gasteiger partial charge >= 0.3 is 0 Å². The summed E-state index contributed by atoms with van der Waals surface area (Å²) in [4.78, 5) is 28.2. The number of carbonyl (C=O) groups is 2. The number of hydrogen-bond acceptors (Lipinski definition) is 8. The minimum Gasteiger partial charge on any atom is -0.424 e. The fourth-order valence-corrected chi connectivity index (χ4v) is 7.97. The van der Waals surface area contributed by atoms with E-state index >= 15 is 0 Å². The smallest absolute Gasteiger partial charge is 0.251 e. The van der Waals surface area contributed by atoms with E-state index in [0.29, 0.717) is 36.1 Å². The zero-order valence-electron chi connectivity index (χ0n) is 29.8. The van der Waals surface area contributed by atoms with Gasteiger partial charge in [0.05, 0.1) is 18.0 Å². The SMILES string of the molecule is C=C(CC(C/C=C\C)CC1=CCCc2cc(C(=O)NC)ccc2C1(CC(CC)NCC(=O)N1C(C#N)CC2CC21)c1nnc(CC)o1)NC. The summed E-state index contributed by atoms with van der Waals surface area (Å²) in [6.07, 6.45) is 14.4. The lowest BCUT2D eigenvalue weighted by Crippen LogP contribution is -2.47. The highest BCUT2D eigenvalue weighted by Crippen LogP contribution is 2.50. The van der Waals surface area contributed by atoms with E-state index < -0.39 is 5.41 Å². The topological polar surface area (TPSA) is 136 Å². The molecule has 262 valence electrons. The van der Waals surface area contributed by atoms with Gasteiger partial charge in [0.25, 0.3) is 5.91 Å². The van der Waals surface area contributed by atoms with E-state index in [1.54, 1.807) is 7.05 Å². The zero-order chi connectivity index (χ0) is 35.1. The fraction of sp³-hybridized carbons (Fsp3) is 0.564. The molecule has 0 radical (unpaired) electrons. The van der Waals surface area contributed by atoms with Gasteiger partial charge in [0.1, 0.15) is 6.04 Å². The largest absolute Gasteiger partial charge is 0.424 e. The number of allylic oxidation sites excluding steroid dienone is 5. The van der Waals surface area contributed by atoms with Crippen molar-refractivity contribution in [1.29, 1.82) is 5.26 Å². The van der Waals surface area contributed by atoms with Crippen molar-refractivity contribution in [2.75, 3.05) is 20.6 Å². The first-order valence-electron chi connectivity index (χ1n) is 18.0. The number of amides is 2. The Morgan fingerprint density at radius 3 is 2.71 bits per heavy atom. The molecule has 6 atom stereocenters. The Balaban J connectivity index is 1.59. The lowest BCUT2D eigenvalue weighted by atomic mass is 9.66. The van der Waals surface area contributed by atoms with Gasteiger partial charge in [-0.05, 0) is 99.8 Å². The van der Waals surface area contributed by atoms with Crippen molar-refractivity contribution >= 4 is 11.8 Å². The third-order valence-electron chi connectivity index (χ3n) is 10.8. The number of hydrogen-bond donors (Lipinski definition) is 3. The second-order valence-corrected chi connectivity index (χ2v) is 13.8. The van der Waals surface area contributed by atoms with Gasteiger partial charge in [-0.25, -0.2) is 0 Å². The molecule has 10 nitrogen and oxygen atoms in total. The van der Waals surface area contributed by atoms with E-state index in [-0.39, 0.29) is 42.4 Å². The van der Waals surface area contributed by atoms with Crippen LogP contribution in [-0.2, 0) is 23.1 Å². The second kappa shape index (κ2) is 16.0. The van der Waals surface area contributed by atoms with Crippen LogP contribution >= 0.6 is 0 Å². The van der Waals surface area contributed by atoms with Gasteiger partial charge in [-0.1, -0.05) is 50.3 Å². The summed E-state index contributed by atoms with van der Waals surface area (Å²) in [5.74, 6) is 1.70. The van der Waals surface area contributed by atoms with Gasteiger partial charge in [-0.15, -0.1) is 10.2 Å². The van der Waals surface area contributed by atoms with Crippen LogP contribution in [0.4, 0.5) is 0 Å². The highest BCUT2D eigenvalue weighted by atomic mass is 16.4. The molecular formula is C39H53N7O3. The molecule has 2 aliphatic carbocycles. The Morgan fingerprint density at radius 1 is 1.22 bits per heavy atom. The van der Waals surface area contributed by atoms with Crippen LogP contribution in [0.15, 0.2) is 58.7 Å². The number of fused-ring (bicyclic) bond motifs is 2. The van der Waals surface area contributed by atoms with E-state index in [4.69, 9.17) is 9.52 Å². The number of nitriles is 1. The third kappa shape index (κ3) is 7.67. The number of benzene rings is 1. The van der Waals surface area contributed by atoms with Gasteiger partial charge in [-0.3, -0.25) is 9.59 Å². The number of piperidine rings is 1. The molecule has 6 unspecified atom stereocenters. The summed E-state index contributed by atoms with van der Waals surface area (Å²) in [5.41, 5.74) is 4.14. The standard InChI is InChI=1S/C39H53N7O3/c1-7-10-12-26(17-25(4)41-5)18-30-14-11-13-27-19-28(37(48)42-6)15-16-33(27)39(30,38-45-44-35(9-3)49-38)22-31(8-2)43-24-36(47)46-32(23-40)20-29-21-34(29)46/h7,10,14-16,19,26,29,31-32,34,41,43H,4,8-9,11-13,17-18,20-22,24H2,1-3,5-6H3,(H,42,48)/b10-7-. The predicted molar refractivity (Wildman–Crippen MR) is 191 cm³/mol. The van der Waals surface area contributed by atoms with Crippen LogP contribution in [0.5, 0.6) is 0 Å². The van der Waals surface area contributed by atoms with Crippen LogP contribution in [0.1, 0.15) is 105 Å². The van der Waals surface area contributed by atoms with Crippen molar-refractivity contribution in [3.05, 3.63) is 82.7 Å². The van der Waals surface area contributed by atoms with E-state index in [2.05, 4.69) is 64.9 Å². The average Bonchev–Trinajstić information content (AvgIpc) is 3.57. The molecule has 1 aromatic carbocycles. The molecule has 1 saturated heterocycles. The Bertz CT molecular complexity index is 1620. The van der Waals surface area contributed by atoms with E-state index in [0.717, 1.165) is 68.2 Å². The fourth-order valence-electron chi connectivity index (χ4n) is 7.97. The van der Waals surface area contributed by atoms with Crippen molar-refractivity contribution in [1.82, 2.24) is 31.0 Å². The number of nitrogens with zero attached hydrogens (tertiary/aromatic N) is 4. The Morgan fingerprint density at radius 2 is 2.04 bits per heavy atom. The molecule has 1 saturated carbocycles. The van der Waals surface area contributed by atoms with Crippen molar-refractivity contribution in [2.24, 2.45) is 11.8 Å². The quantitative estimate of drug-likeness (QED) is 0.199. The van der Waals surface area contributed by atoms with Gasteiger partial charge in [0, 0.05) is 43.9 Å². The maximum atomic E-state index is 13.6. The molecule has 2 aromatic rings. The van der Waals surface area contributed by atoms with E-state index in [1.807, 2.05) is 37.9 Å². The summed E-state index contributed by atoms with van der Waals surface area (Å²) in [7, 11) is 3.56. The normalized spacial score (nSPS) is 23.9. The molecule has 3 N–H and O–H groups in total. The number of likely N-dealkylation sites (tertiary alicyclic amines) is 1. The zero-order valence-corrected chi connectivity index (χ0v) is 29.8. The van der Waals surface area contributed by atoms with E-state index in [1.165, 1.54) is 5.57 Å². The molecule has 5 rings (SSSR count). The minimum atomic E-state index is -0.802. The maximum Gasteiger partial charge on any atom is 0.251 e. The van der Waals surface area contributed by atoms with Gasteiger partial charge in [-0.2, -0.15) is 5.26 Å². The molecule has 1 aromatic heterocycles. The molecule has 2 heterocycles. The summed E-state index contributed by atoms with van der Waals surface area (Å²) in [6, 6.07) is 8.11. The molecule has 2 amide bonds. The van der Waals surface area contributed by atoms with Crippen LogP contribution in [-0.4, -0.2) is 65.7 Å². The predicted octanol–water partition coefficient (Wildman–Crippen LogP) is 5.52. The monoisotopic (exact) mass is 667 g/mol. The Labute approximate surface area is 291 Å². The molecular weight excluding hydrogens is 614 g/mol. The summed E-state index contributed by atoms with van der Waals surface area (Å²) in [5, 5.41) is 28.6. The number of aromatic nitrogens is 2. The number of nitrogens with one attached hydrogen (secondary N) is 3. The molecule has 49 heavy (non-hydrogen) atoms. The first-order valence-corrected chi connectivity index (χ1v) is 18.0. The molecule has 10 heteroatoms. The molecule has 3 aliphatic rings. The van der Waals surface area contributed by atoms with Crippen LogP contribution in [0.3, 0.4) is 0 Å². The van der Waals surface area contributed by atoms with Crippen LogP contribution in [0, 0.1) is 23.2 Å². The Kier molecular flexibility index (Phi) is 11.8. The average molecular weight is 668 g/mol. The summed E-state index contributed by atoms with van der Waals surface area (Å²) in [6.45, 7) is 10.6. The molecule has 0 bridgehead atoms. The minimum absolute atomic E-state index is 0.0145. The molecule has 2 fully saturated rings. The first-order chi connectivity index (χ1) is 23.7. The van der Waals surface area contributed by atoms with Crippen molar-refractivity contribution < 1.29 is 14.0 Å². The van der Waals surface area contributed by atoms with Crippen LogP contribution in [0.2, 0.25) is 0 Å². The maximum absolute atomic E-state index is 13.6.